The van der Waals surface area contributed by atoms with Gasteiger partial charge in [0, 0.05) is 22.6 Å². The number of hydrogen-bond acceptors (Lipinski definition) is 3. The highest BCUT2D eigenvalue weighted by atomic mass is 127. The van der Waals surface area contributed by atoms with Crippen molar-refractivity contribution in [3.63, 3.8) is 0 Å². The molecule has 0 amide bonds. The second-order valence-corrected chi connectivity index (χ2v) is 2.12. The van der Waals surface area contributed by atoms with Gasteiger partial charge in [-0.1, -0.05) is 0 Å². The summed E-state index contributed by atoms with van der Waals surface area (Å²) in [6.07, 6.45) is -2.67. The van der Waals surface area contributed by atoms with E-state index in [2.05, 4.69) is 14.6 Å². The first-order chi connectivity index (χ1) is 4.20. The van der Waals surface area contributed by atoms with Gasteiger partial charge in [0.2, 0.25) is 0 Å². The number of hydrogen-bond donors (Lipinski definition) is 0. The van der Waals surface area contributed by atoms with Gasteiger partial charge in [0.05, 0.1) is 0 Å². The van der Waals surface area contributed by atoms with E-state index in [1.807, 2.05) is 0 Å². The van der Waals surface area contributed by atoms with Crippen molar-refractivity contribution in [3.05, 3.63) is 9.79 Å². The molecule has 1 aromatic rings. The molecule has 0 atom stereocenters. The molecule has 0 fully saturated rings. The maximum Gasteiger partial charge on any atom is 0.314 e. The summed E-state index contributed by atoms with van der Waals surface area (Å²) in [5.41, 5.74) is 0. The van der Waals surface area contributed by atoms with Crippen LogP contribution in [0.5, 0.6) is 0 Å². The Morgan fingerprint density at radius 2 is 2.11 bits per heavy atom. The fourth-order valence-corrected chi connectivity index (χ4v) is 0.637. The van der Waals surface area contributed by atoms with Gasteiger partial charge in [-0.15, -0.1) is 10.2 Å². The molecule has 9 heavy (non-hydrogen) atoms. The summed E-state index contributed by atoms with van der Waals surface area (Å²) >= 11 is 1.66. The highest BCUT2D eigenvalue weighted by molar-refractivity contribution is 14.1. The molecule has 0 aliphatic rings. The van der Waals surface area contributed by atoms with Crippen LogP contribution >= 0.6 is 22.6 Å². The van der Waals surface area contributed by atoms with Crippen molar-refractivity contribution >= 4 is 22.6 Å². The third-order valence-electron chi connectivity index (χ3n) is 0.603. The molecule has 0 aliphatic carbocycles. The topological polar surface area (TPSA) is 38.9 Å². The zero-order valence-corrected chi connectivity index (χ0v) is 6.17. The molecular weight excluding hydrogens is 245 g/mol. The summed E-state index contributed by atoms with van der Waals surface area (Å²) in [5.74, 6) is -0.626. The van der Waals surface area contributed by atoms with Gasteiger partial charge in [0.1, 0.15) is 0 Å². The molecule has 0 bridgehead atoms. The van der Waals surface area contributed by atoms with E-state index in [1.165, 1.54) is 0 Å². The molecule has 3 nitrogen and oxygen atoms in total. The average molecular weight is 246 g/mol. The van der Waals surface area contributed by atoms with Crippen molar-refractivity contribution in [2.75, 3.05) is 0 Å². The van der Waals surface area contributed by atoms with Gasteiger partial charge in [-0.25, -0.2) is 0 Å². The summed E-state index contributed by atoms with van der Waals surface area (Å²) < 4.78 is 27.6. The van der Waals surface area contributed by atoms with E-state index < -0.39 is 12.3 Å². The van der Waals surface area contributed by atoms with Gasteiger partial charge < -0.3 is 4.42 Å². The highest BCUT2D eigenvalue weighted by Gasteiger charge is 2.13. The lowest BCUT2D eigenvalue weighted by Gasteiger charge is -1.84. The standard InChI is InChI=1S/C3HF2IN2O/c4-1(5)2-7-8-3(6)9-2/h1H. The van der Waals surface area contributed by atoms with E-state index in [-0.39, 0.29) is 3.90 Å². The van der Waals surface area contributed by atoms with E-state index in [0.717, 1.165) is 0 Å². The van der Waals surface area contributed by atoms with Crippen LogP contribution in [0.3, 0.4) is 0 Å². The van der Waals surface area contributed by atoms with Crippen molar-refractivity contribution in [2.24, 2.45) is 0 Å². The number of halogens is 3. The molecule has 0 N–H and O–H groups in total. The smallest absolute Gasteiger partial charge is 0.314 e. The Bertz CT molecular complexity index is 201. The van der Waals surface area contributed by atoms with Gasteiger partial charge in [-0.3, -0.25) is 0 Å². The van der Waals surface area contributed by atoms with Crippen LogP contribution < -0.4 is 0 Å². The van der Waals surface area contributed by atoms with Crippen LogP contribution in [-0.2, 0) is 0 Å². The van der Waals surface area contributed by atoms with Crippen molar-refractivity contribution < 1.29 is 13.2 Å². The van der Waals surface area contributed by atoms with Crippen molar-refractivity contribution in [1.29, 1.82) is 0 Å². The highest BCUT2D eigenvalue weighted by Crippen LogP contribution is 2.16. The van der Waals surface area contributed by atoms with Gasteiger partial charge in [0.25, 0.3) is 9.79 Å². The quantitative estimate of drug-likeness (QED) is 0.706. The third-order valence-corrected chi connectivity index (χ3v) is 1.04. The molecule has 0 radical (unpaired) electrons. The van der Waals surface area contributed by atoms with Crippen molar-refractivity contribution in [2.45, 2.75) is 6.43 Å². The molecule has 1 aromatic heterocycles. The molecule has 1 rings (SSSR count). The Kier molecular flexibility index (Phi) is 1.94. The molecule has 0 aromatic carbocycles. The third kappa shape index (κ3) is 1.57. The molecule has 6 heteroatoms. The van der Waals surface area contributed by atoms with E-state index in [1.54, 1.807) is 22.6 Å². The normalized spacial score (nSPS) is 10.7. The van der Waals surface area contributed by atoms with Crippen LogP contribution in [0.25, 0.3) is 0 Å². The first kappa shape index (κ1) is 6.84. The van der Waals surface area contributed by atoms with E-state index in [0.29, 0.717) is 0 Å². The molecule has 0 spiro atoms. The Morgan fingerprint density at radius 1 is 1.44 bits per heavy atom. The Morgan fingerprint density at radius 3 is 2.33 bits per heavy atom. The second-order valence-electron chi connectivity index (χ2n) is 1.19. The van der Waals surface area contributed by atoms with E-state index in [4.69, 9.17) is 0 Å². The fourth-order valence-electron chi connectivity index (χ4n) is 0.304. The number of aromatic nitrogens is 2. The minimum absolute atomic E-state index is 0.128. The number of nitrogens with zero attached hydrogens (tertiary/aromatic N) is 2. The minimum Gasteiger partial charge on any atom is -0.411 e. The zero-order chi connectivity index (χ0) is 6.85. The molecule has 1 heterocycles. The van der Waals surface area contributed by atoms with Crippen LogP contribution in [0.2, 0.25) is 0 Å². The van der Waals surface area contributed by atoms with Gasteiger partial charge in [-0.2, -0.15) is 8.78 Å². The van der Waals surface area contributed by atoms with Crippen LogP contribution in [0, 0.1) is 3.90 Å². The lowest BCUT2D eigenvalue weighted by Crippen LogP contribution is -1.81. The monoisotopic (exact) mass is 246 g/mol. The molecule has 0 unspecified atom stereocenters. The predicted octanol–water partition coefficient (Wildman–Crippen LogP) is 1.61. The van der Waals surface area contributed by atoms with Crippen molar-refractivity contribution in [3.8, 4) is 0 Å². The van der Waals surface area contributed by atoms with Crippen LogP contribution in [0.4, 0.5) is 8.78 Å². The molecular formula is C3HF2IN2O. The van der Waals surface area contributed by atoms with Crippen LogP contribution in [0.15, 0.2) is 4.42 Å². The van der Waals surface area contributed by atoms with Gasteiger partial charge in [-0.05, 0) is 0 Å². The average Bonchev–Trinajstić information content (AvgIpc) is 2.14. The van der Waals surface area contributed by atoms with E-state index >= 15 is 0 Å². The lowest BCUT2D eigenvalue weighted by atomic mass is 10.7. The fraction of sp³-hybridized carbons (Fsp3) is 0.333. The molecule has 50 valence electrons. The largest absolute Gasteiger partial charge is 0.411 e. The van der Waals surface area contributed by atoms with Gasteiger partial charge in [0.15, 0.2) is 0 Å². The minimum atomic E-state index is -2.67. The Balaban J connectivity index is 2.85. The summed E-state index contributed by atoms with van der Waals surface area (Å²) in [6, 6.07) is 0. The maximum atomic E-state index is 11.6. The van der Waals surface area contributed by atoms with Crippen molar-refractivity contribution in [1.82, 2.24) is 10.2 Å². The summed E-state index contributed by atoms with van der Waals surface area (Å²) in [5, 5.41) is 6.27. The first-order valence-corrected chi connectivity index (χ1v) is 3.05. The molecule has 0 saturated carbocycles. The first-order valence-electron chi connectivity index (χ1n) is 1.97. The summed E-state index contributed by atoms with van der Waals surface area (Å²) in [7, 11) is 0. The SMILES string of the molecule is FC(F)c1nnc(I)o1. The van der Waals surface area contributed by atoms with Crippen LogP contribution in [0.1, 0.15) is 12.3 Å². The van der Waals surface area contributed by atoms with Gasteiger partial charge >= 0.3 is 6.43 Å². The Labute approximate surface area is 62.6 Å². The molecule has 0 saturated heterocycles. The lowest BCUT2D eigenvalue weighted by molar-refractivity contribution is 0.113. The number of rotatable bonds is 1. The number of alkyl halides is 2. The Hall–Kier alpha value is -0.270. The maximum absolute atomic E-state index is 11.6. The molecule has 0 aliphatic heterocycles. The summed E-state index contributed by atoms with van der Waals surface area (Å²) in [4.78, 5) is 0. The van der Waals surface area contributed by atoms with Crippen LogP contribution in [-0.4, -0.2) is 10.2 Å². The second kappa shape index (κ2) is 2.54. The zero-order valence-electron chi connectivity index (χ0n) is 4.01. The summed E-state index contributed by atoms with van der Waals surface area (Å²) in [6.45, 7) is 0. The predicted molar refractivity (Wildman–Crippen MR) is 32.0 cm³/mol. The van der Waals surface area contributed by atoms with E-state index in [9.17, 15) is 8.78 Å².